The van der Waals surface area contributed by atoms with Gasteiger partial charge in [-0.1, -0.05) is 171 Å². The highest BCUT2D eigenvalue weighted by atomic mass is 14.7. The Balaban J connectivity index is 1.23. The third-order valence-corrected chi connectivity index (χ3v) is 10.4. The summed E-state index contributed by atoms with van der Waals surface area (Å²) in [5, 5.41) is 7.82. The third-order valence-electron chi connectivity index (χ3n) is 10.4. The van der Waals surface area contributed by atoms with Crippen LogP contribution in [0.1, 0.15) is 24.5 Å². The van der Waals surface area contributed by atoms with Crippen LogP contribution in [-0.4, -0.2) is 4.98 Å². The van der Waals surface area contributed by atoms with Crippen molar-refractivity contribution in [2.75, 3.05) is 0 Å². The molecule has 0 N–H and O–H groups in total. The van der Waals surface area contributed by atoms with Crippen LogP contribution in [0.5, 0.6) is 0 Å². The van der Waals surface area contributed by atoms with E-state index in [1.807, 2.05) is 0 Å². The summed E-state index contributed by atoms with van der Waals surface area (Å²) in [5.74, 6) is 0. The lowest BCUT2D eigenvalue weighted by molar-refractivity contribution is 0.622. The van der Waals surface area contributed by atoms with Gasteiger partial charge in [0.05, 0.1) is 11.4 Å². The third kappa shape index (κ3) is 4.98. The van der Waals surface area contributed by atoms with E-state index in [1.165, 1.54) is 54.6 Å². The van der Waals surface area contributed by atoms with Crippen LogP contribution >= 0.6 is 0 Å². The average Bonchev–Trinajstić information content (AvgIpc) is 3.18. The molecule has 9 rings (SSSR count). The van der Waals surface area contributed by atoms with Crippen LogP contribution in [0.4, 0.5) is 0 Å². The highest BCUT2D eigenvalue weighted by Gasteiger charge is 2.34. The number of fused-ring (bicyclic) bond motifs is 6. The first kappa shape index (κ1) is 29.1. The van der Waals surface area contributed by atoms with Crippen molar-refractivity contribution in [2.24, 2.45) is 0 Å². The molecule has 0 spiro atoms. The minimum Gasteiger partial charge on any atom is -0.248 e. The van der Waals surface area contributed by atoms with E-state index in [-0.39, 0.29) is 5.41 Å². The first-order chi connectivity index (χ1) is 24.2. The van der Waals surface area contributed by atoms with Crippen LogP contribution in [0.25, 0.3) is 71.5 Å². The number of aromatic nitrogens is 1. The zero-order chi connectivity index (χ0) is 32.8. The predicted octanol–water partition coefficient (Wildman–Crippen LogP) is 12.8. The topological polar surface area (TPSA) is 12.9 Å². The largest absolute Gasteiger partial charge is 0.248 e. The van der Waals surface area contributed by atoms with Crippen molar-refractivity contribution in [1.29, 1.82) is 0 Å². The minimum atomic E-state index is -0.245. The van der Waals surface area contributed by atoms with Gasteiger partial charge in [0.1, 0.15) is 0 Å². The second-order valence-electron chi connectivity index (χ2n) is 13.3. The number of benzene rings is 7. The molecule has 7 aromatic carbocycles. The van der Waals surface area contributed by atoms with Crippen LogP contribution in [0, 0.1) is 0 Å². The summed E-state index contributed by atoms with van der Waals surface area (Å²) in [7, 11) is 0. The molecule has 1 aliphatic carbocycles. The Bertz CT molecular complexity index is 2480. The zero-order valence-corrected chi connectivity index (χ0v) is 27.5. The predicted molar refractivity (Wildman–Crippen MR) is 209 cm³/mol. The van der Waals surface area contributed by atoms with Crippen molar-refractivity contribution in [2.45, 2.75) is 18.8 Å². The Morgan fingerprint density at radius 1 is 0.449 bits per heavy atom. The first-order valence-corrected chi connectivity index (χ1v) is 17.1. The highest BCUT2D eigenvalue weighted by Crippen LogP contribution is 2.48. The molecule has 8 aromatic rings. The summed E-state index contributed by atoms with van der Waals surface area (Å²) < 4.78 is 0. The first-order valence-electron chi connectivity index (χ1n) is 17.1. The lowest BCUT2D eigenvalue weighted by Crippen LogP contribution is -2.25. The lowest BCUT2D eigenvalue weighted by atomic mass is 9.68. The second kappa shape index (κ2) is 11.9. The van der Waals surface area contributed by atoms with E-state index < -0.39 is 0 Å². The van der Waals surface area contributed by atoms with Gasteiger partial charge in [-0.05, 0) is 84.8 Å². The van der Waals surface area contributed by atoms with Gasteiger partial charge in [0, 0.05) is 16.5 Å². The summed E-state index contributed by atoms with van der Waals surface area (Å²) in [6.45, 7) is 2.41. The van der Waals surface area contributed by atoms with Crippen molar-refractivity contribution in [1.82, 2.24) is 4.98 Å². The molecule has 1 heteroatoms. The fraction of sp³-hybridized carbons (Fsp3) is 0.0625. The maximum absolute atomic E-state index is 5.33. The summed E-state index contributed by atoms with van der Waals surface area (Å²) in [4.78, 5) is 5.33. The van der Waals surface area contributed by atoms with Crippen molar-refractivity contribution >= 4 is 37.9 Å². The molecule has 0 saturated carbocycles. The Morgan fingerprint density at radius 3 is 1.65 bits per heavy atom. The fourth-order valence-corrected chi connectivity index (χ4v) is 7.84. The fourth-order valence-electron chi connectivity index (χ4n) is 7.84. The molecule has 49 heavy (non-hydrogen) atoms. The molecule has 1 heterocycles. The van der Waals surface area contributed by atoms with E-state index in [0.29, 0.717) is 0 Å². The highest BCUT2D eigenvalue weighted by molar-refractivity contribution is 6.25. The van der Waals surface area contributed by atoms with E-state index in [4.69, 9.17) is 4.98 Å². The van der Waals surface area contributed by atoms with Crippen molar-refractivity contribution in [3.8, 4) is 33.6 Å². The number of hydrogen-bond acceptors (Lipinski definition) is 1. The van der Waals surface area contributed by atoms with Crippen molar-refractivity contribution in [3.05, 3.63) is 193 Å². The smallest absolute Gasteiger partial charge is 0.0721 e. The molecule has 0 radical (unpaired) electrons. The minimum absolute atomic E-state index is 0.245. The van der Waals surface area contributed by atoms with E-state index in [2.05, 4.69) is 189 Å². The van der Waals surface area contributed by atoms with Gasteiger partial charge in [0.25, 0.3) is 0 Å². The second-order valence-corrected chi connectivity index (χ2v) is 13.3. The molecule has 0 amide bonds. The van der Waals surface area contributed by atoms with Crippen molar-refractivity contribution in [3.63, 3.8) is 0 Å². The van der Waals surface area contributed by atoms with Gasteiger partial charge in [-0.2, -0.15) is 0 Å². The van der Waals surface area contributed by atoms with E-state index in [0.717, 1.165) is 34.5 Å². The van der Waals surface area contributed by atoms with E-state index in [1.54, 1.807) is 0 Å². The van der Waals surface area contributed by atoms with Crippen LogP contribution in [0.2, 0.25) is 0 Å². The molecule has 0 aliphatic heterocycles. The van der Waals surface area contributed by atoms with Gasteiger partial charge < -0.3 is 0 Å². The zero-order valence-electron chi connectivity index (χ0n) is 27.5. The molecule has 0 fully saturated rings. The molecule has 232 valence electrons. The molecule has 1 unspecified atom stereocenters. The van der Waals surface area contributed by atoms with Gasteiger partial charge in [0.15, 0.2) is 0 Å². The molecule has 1 atom stereocenters. The number of hydrogen-bond donors (Lipinski definition) is 0. The summed E-state index contributed by atoms with van der Waals surface area (Å²) in [6.07, 6.45) is 7.78. The van der Waals surface area contributed by atoms with Crippen molar-refractivity contribution < 1.29 is 0 Å². The quantitative estimate of drug-likeness (QED) is 0.173. The molecular weight excluding hydrogens is 591 g/mol. The molecular formula is C48H35N. The SMILES string of the molecule is CC1(c2ccc3c4ccccc4c4ccccc4c3c2)CC=CC=C1c1ccccc1-c1cc(-c2ccccc2)cc(-c2ccccc2)n1. The van der Waals surface area contributed by atoms with Gasteiger partial charge in [-0.3, -0.25) is 0 Å². The maximum Gasteiger partial charge on any atom is 0.0721 e. The van der Waals surface area contributed by atoms with Crippen LogP contribution < -0.4 is 0 Å². The van der Waals surface area contributed by atoms with E-state index >= 15 is 0 Å². The molecule has 0 saturated heterocycles. The Labute approximate surface area is 287 Å². The van der Waals surface area contributed by atoms with Crippen LogP contribution in [0.3, 0.4) is 0 Å². The van der Waals surface area contributed by atoms with Gasteiger partial charge in [-0.25, -0.2) is 4.98 Å². The number of nitrogens with zero attached hydrogens (tertiary/aromatic N) is 1. The van der Waals surface area contributed by atoms with Gasteiger partial charge in [-0.15, -0.1) is 0 Å². The normalized spacial score (nSPS) is 15.9. The Kier molecular flexibility index (Phi) is 7.06. The summed E-state index contributed by atoms with van der Waals surface area (Å²) in [5.41, 5.74) is 10.1. The Morgan fingerprint density at radius 2 is 0.980 bits per heavy atom. The molecule has 1 aromatic heterocycles. The summed E-state index contributed by atoms with van der Waals surface area (Å²) >= 11 is 0. The van der Waals surface area contributed by atoms with Crippen LogP contribution in [0.15, 0.2) is 182 Å². The molecule has 0 bridgehead atoms. The Hall–Kier alpha value is -6.05. The monoisotopic (exact) mass is 625 g/mol. The number of pyridine rings is 1. The standard InChI is InChI=1S/C48H35N/c1-48(36-27-28-41-39-22-9-8-20-37(39)38-21-10-11-23-40(38)44(41)32-36)29-15-14-26-45(48)42-24-12-13-25-43(42)47-31-35(33-16-4-2-5-17-33)30-46(49-47)34-18-6-3-7-19-34/h2-28,30-32H,29H2,1H3. The molecule has 1 aliphatic rings. The number of rotatable bonds is 5. The van der Waals surface area contributed by atoms with Gasteiger partial charge in [0.2, 0.25) is 0 Å². The lowest BCUT2D eigenvalue weighted by Gasteiger charge is -2.35. The van der Waals surface area contributed by atoms with E-state index in [9.17, 15) is 0 Å². The summed E-state index contributed by atoms with van der Waals surface area (Å²) in [6, 6.07) is 59.3. The van der Waals surface area contributed by atoms with Crippen LogP contribution in [-0.2, 0) is 5.41 Å². The maximum atomic E-state index is 5.33. The van der Waals surface area contributed by atoms with Gasteiger partial charge >= 0.3 is 0 Å². The number of allylic oxidation sites excluding steroid dienone is 4. The average molecular weight is 626 g/mol. The molecule has 1 nitrogen and oxygen atoms in total.